The van der Waals surface area contributed by atoms with Gasteiger partial charge in [0.15, 0.2) is 5.76 Å². The summed E-state index contributed by atoms with van der Waals surface area (Å²) in [5, 5.41) is 3.86. The molecule has 6 heteroatoms. The van der Waals surface area contributed by atoms with E-state index < -0.39 is 10.0 Å². The van der Waals surface area contributed by atoms with Crippen LogP contribution in [-0.4, -0.2) is 13.6 Å². The fourth-order valence-electron chi connectivity index (χ4n) is 2.75. The zero-order valence-corrected chi connectivity index (χ0v) is 16.1. The van der Waals surface area contributed by atoms with Crippen molar-refractivity contribution in [2.45, 2.75) is 38.5 Å². The Kier molecular flexibility index (Phi) is 4.87. The van der Waals surface area contributed by atoms with Crippen molar-refractivity contribution >= 4 is 15.7 Å². The summed E-state index contributed by atoms with van der Waals surface area (Å²) in [6.45, 7) is 7.80. The molecule has 0 aliphatic heterocycles. The third-order valence-corrected chi connectivity index (χ3v) is 5.75. The lowest BCUT2D eigenvalue weighted by atomic mass is 10.0. The number of nitrogens with one attached hydrogen (secondary N) is 1. The van der Waals surface area contributed by atoms with Crippen LogP contribution in [0, 0.1) is 13.8 Å². The van der Waals surface area contributed by atoms with Gasteiger partial charge < -0.3 is 4.52 Å². The normalized spacial score (nSPS) is 11.7. The molecule has 0 amide bonds. The molecule has 0 spiro atoms. The molecule has 0 aliphatic rings. The van der Waals surface area contributed by atoms with Crippen molar-refractivity contribution in [1.29, 1.82) is 0 Å². The van der Waals surface area contributed by atoms with Gasteiger partial charge in [0.05, 0.1) is 10.6 Å². The predicted octanol–water partition coefficient (Wildman–Crippen LogP) is 4.88. The van der Waals surface area contributed by atoms with Gasteiger partial charge in [0.25, 0.3) is 10.0 Å². The number of aromatic nitrogens is 1. The van der Waals surface area contributed by atoms with Gasteiger partial charge in [-0.25, -0.2) is 8.42 Å². The number of nitrogens with zero attached hydrogens (tertiary/aromatic N) is 1. The summed E-state index contributed by atoms with van der Waals surface area (Å²) < 4.78 is 33.4. The van der Waals surface area contributed by atoms with Crippen LogP contribution in [-0.2, 0) is 10.0 Å². The lowest BCUT2D eigenvalue weighted by Crippen LogP contribution is -2.14. The van der Waals surface area contributed by atoms with E-state index in [4.69, 9.17) is 4.52 Å². The molecule has 1 N–H and O–H groups in total. The van der Waals surface area contributed by atoms with Gasteiger partial charge in [0, 0.05) is 17.3 Å². The van der Waals surface area contributed by atoms with Crippen molar-refractivity contribution < 1.29 is 12.9 Å². The van der Waals surface area contributed by atoms with Crippen molar-refractivity contribution in [3.05, 3.63) is 65.4 Å². The smallest absolute Gasteiger partial charge is 0.262 e. The molecule has 0 unspecified atom stereocenters. The lowest BCUT2D eigenvalue weighted by molar-refractivity contribution is 0.427. The first-order chi connectivity index (χ1) is 12.3. The summed E-state index contributed by atoms with van der Waals surface area (Å²) in [5.74, 6) is 1.02. The summed E-state index contributed by atoms with van der Waals surface area (Å²) in [4.78, 5) is 0.241. The zero-order chi connectivity index (χ0) is 18.9. The van der Waals surface area contributed by atoms with Crippen molar-refractivity contribution in [3.8, 4) is 11.3 Å². The minimum Gasteiger partial charge on any atom is -0.356 e. The minimum absolute atomic E-state index is 0.241. The van der Waals surface area contributed by atoms with Crippen LogP contribution >= 0.6 is 0 Å². The number of sulfonamides is 1. The van der Waals surface area contributed by atoms with E-state index >= 15 is 0 Å². The molecule has 0 saturated carbocycles. The average molecular weight is 370 g/mol. The van der Waals surface area contributed by atoms with Gasteiger partial charge in [0.1, 0.15) is 0 Å². The second kappa shape index (κ2) is 6.96. The zero-order valence-electron chi connectivity index (χ0n) is 15.3. The molecular weight excluding hydrogens is 348 g/mol. The summed E-state index contributed by atoms with van der Waals surface area (Å²) in [6.07, 6.45) is 0. The molecule has 0 radical (unpaired) electrons. The fraction of sp³-hybridized carbons (Fsp3) is 0.250. The van der Waals surface area contributed by atoms with Crippen LogP contribution in [0.1, 0.15) is 36.6 Å². The van der Waals surface area contributed by atoms with Crippen molar-refractivity contribution in [2.75, 3.05) is 4.72 Å². The number of benzene rings is 2. The molecule has 1 heterocycles. The van der Waals surface area contributed by atoms with E-state index in [0.29, 0.717) is 22.9 Å². The highest BCUT2D eigenvalue weighted by Gasteiger charge is 2.18. The van der Waals surface area contributed by atoms with E-state index in [-0.39, 0.29) is 4.90 Å². The standard InChI is InChI=1S/C20H22N2O3S/c1-13(2)16-5-8-18(9-6-16)22-26(23,24)20-10-7-17(11-14(20)3)19-12-15(4)21-25-19/h5-13,22H,1-4H3. The van der Waals surface area contributed by atoms with Crippen molar-refractivity contribution in [1.82, 2.24) is 5.16 Å². The van der Waals surface area contributed by atoms with Crippen LogP contribution < -0.4 is 4.72 Å². The topological polar surface area (TPSA) is 72.2 Å². The highest BCUT2D eigenvalue weighted by Crippen LogP contribution is 2.27. The molecule has 0 fully saturated rings. The van der Waals surface area contributed by atoms with Crippen LogP contribution in [0.25, 0.3) is 11.3 Å². The molecule has 3 aromatic rings. The third-order valence-electron chi connectivity index (χ3n) is 4.21. The maximum Gasteiger partial charge on any atom is 0.262 e. The van der Waals surface area contributed by atoms with Gasteiger partial charge in [-0.15, -0.1) is 0 Å². The monoisotopic (exact) mass is 370 g/mol. The fourth-order valence-corrected chi connectivity index (χ4v) is 4.04. The molecule has 26 heavy (non-hydrogen) atoms. The van der Waals surface area contributed by atoms with E-state index in [1.54, 1.807) is 37.3 Å². The third kappa shape index (κ3) is 3.80. The van der Waals surface area contributed by atoms with E-state index in [0.717, 1.165) is 16.8 Å². The Hall–Kier alpha value is -2.60. The maximum absolute atomic E-state index is 12.7. The van der Waals surface area contributed by atoms with Crippen LogP contribution in [0.5, 0.6) is 0 Å². The van der Waals surface area contributed by atoms with Gasteiger partial charge in [-0.2, -0.15) is 0 Å². The number of aryl methyl sites for hydroxylation is 2. The Morgan fingerprint density at radius 1 is 1.00 bits per heavy atom. The molecule has 0 bridgehead atoms. The summed E-state index contributed by atoms with van der Waals surface area (Å²) in [7, 11) is -3.67. The Morgan fingerprint density at radius 3 is 2.23 bits per heavy atom. The highest BCUT2D eigenvalue weighted by molar-refractivity contribution is 7.92. The maximum atomic E-state index is 12.7. The summed E-state index contributed by atoms with van der Waals surface area (Å²) >= 11 is 0. The first-order valence-electron chi connectivity index (χ1n) is 8.43. The first-order valence-corrected chi connectivity index (χ1v) is 9.92. The average Bonchev–Trinajstić information content (AvgIpc) is 3.01. The summed E-state index contributed by atoms with van der Waals surface area (Å²) in [5.41, 5.74) is 3.92. The molecule has 0 aliphatic carbocycles. The minimum atomic E-state index is -3.67. The van der Waals surface area contributed by atoms with Gasteiger partial charge in [-0.1, -0.05) is 31.1 Å². The Morgan fingerprint density at radius 2 is 1.69 bits per heavy atom. The Labute approximate surface area is 154 Å². The number of hydrogen-bond donors (Lipinski definition) is 1. The van der Waals surface area contributed by atoms with E-state index in [2.05, 4.69) is 23.7 Å². The van der Waals surface area contributed by atoms with Crippen LogP contribution in [0.4, 0.5) is 5.69 Å². The molecule has 3 rings (SSSR count). The lowest BCUT2D eigenvalue weighted by Gasteiger charge is -2.12. The Balaban J connectivity index is 1.87. The molecular formula is C20H22N2O3S. The van der Waals surface area contributed by atoms with Crippen LogP contribution in [0.15, 0.2) is 57.9 Å². The van der Waals surface area contributed by atoms with Gasteiger partial charge in [-0.05, 0) is 61.2 Å². The predicted molar refractivity (Wildman–Crippen MR) is 103 cm³/mol. The molecule has 5 nitrogen and oxygen atoms in total. The molecule has 0 saturated heterocycles. The Bertz CT molecular complexity index is 1020. The van der Waals surface area contributed by atoms with E-state index in [1.165, 1.54) is 0 Å². The summed E-state index contributed by atoms with van der Waals surface area (Å²) in [6, 6.07) is 14.4. The van der Waals surface area contributed by atoms with E-state index in [9.17, 15) is 8.42 Å². The second-order valence-electron chi connectivity index (χ2n) is 6.70. The first kappa shape index (κ1) is 18.2. The quantitative estimate of drug-likeness (QED) is 0.694. The number of anilines is 1. The molecule has 0 atom stereocenters. The van der Waals surface area contributed by atoms with E-state index in [1.807, 2.05) is 25.1 Å². The van der Waals surface area contributed by atoms with Gasteiger partial charge in [0.2, 0.25) is 0 Å². The largest absolute Gasteiger partial charge is 0.356 e. The molecule has 2 aromatic carbocycles. The number of rotatable bonds is 5. The van der Waals surface area contributed by atoms with Gasteiger partial charge in [-0.3, -0.25) is 4.72 Å². The van der Waals surface area contributed by atoms with Gasteiger partial charge >= 0.3 is 0 Å². The highest BCUT2D eigenvalue weighted by atomic mass is 32.2. The van der Waals surface area contributed by atoms with Crippen LogP contribution in [0.3, 0.4) is 0 Å². The van der Waals surface area contributed by atoms with Crippen LogP contribution in [0.2, 0.25) is 0 Å². The second-order valence-corrected chi connectivity index (χ2v) is 8.35. The number of hydrogen-bond acceptors (Lipinski definition) is 4. The van der Waals surface area contributed by atoms with Crippen molar-refractivity contribution in [3.63, 3.8) is 0 Å². The SMILES string of the molecule is Cc1cc(-c2ccc(S(=O)(=O)Nc3ccc(C(C)C)cc3)c(C)c2)on1. The molecule has 1 aromatic heterocycles. The van der Waals surface area contributed by atoms with Crippen molar-refractivity contribution in [2.24, 2.45) is 0 Å². The molecule has 136 valence electrons.